The van der Waals surface area contributed by atoms with Gasteiger partial charge in [-0.05, 0) is 19.4 Å². The van der Waals surface area contributed by atoms with Crippen LogP contribution in [-0.4, -0.2) is 29.3 Å². The summed E-state index contributed by atoms with van der Waals surface area (Å²) in [6.45, 7) is 3.99. The summed E-state index contributed by atoms with van der Waals surface area (Å²) in [5.74, 6) is -0.864. The van der Waals surface area contributed by atoms with E-state index in [4.69, 9.17) is 11.6 Å². The van der Waals surface area contributed by atoms with E-state index in [9.17, 15) is 19.7 Å². The van der Waals surface area contributed by atoms with Gasteiger partial charge in [-0.3, -0.25) is 19.7 Å². The van der Waals surface area contributed by atoms with Gasteiger partial charge in [0.25, 0.3) is 11.6 Å². The van der Waals surface area contributed by atoms with E-state index in [1.807, 2.05) is 6.92 Å². The van der Waals surface area contributed by atoms with Gasteiger partial charge in [0.05, 0.1) is 15.5 Å². The molecule has 0 fully saturated rings. The Bertz CT molecular complexity index is 562. The van der Waals surface area contributed by atoms with Gasteiger partial charge >= 0.3 is 0 Å². The van der Waals surface area contributed by atoms with Gasteiger partial charge in [-0.15, -0.1) is 0 Å². The monoisotopic (exact) mass is 313 g/mol. The molecule has 21 heavy (non-hydrogen) atoms. The van der Waals surface area contributed by atoms with Gasteiger partial charge in [-0.1, -0.05) is 18.5 Å². The molecule has 0 heterocycles. The largest absolute Gasteiger partial charge is 0.354 e. The van der Waals surface area contributed by atoms with Crippen molar-refractivity contribution in [3.8, 4) is 0 Å². The van der Waals surface area contributed by atoms with Gasteiger partial charge < -0.3 is 10.6 Å². The predicted octanol–water partition coefficient (Wildman–Crippen LogP) is 1.89. The smallest absolute Gasteiger partial charge is 0.270 e. The molecular weight excluding hydrogens is 298 g/mol. The molecule has 0 radical (unpaired) electrons. The number of hydrogen-bond donors (Lipinski definition) is 2. The highest BCUT2D eigenvalue weighted by molar-refractivity contribution is 6.34. The first-order chi connectivity index (χ1) is 9.86. The van der Waals surface area contributed by atoms with E-state index in [-0.39, 0.29) is 22.2 Å². The molecule has 0 aliphatic rings. The second kappa shape index (κ2) is 7.58. The van der Waals surface area contributed by atoms with Crippen LogP contribution in [-0.2, 0) is 4.79 Å². The van der Waals surface area contributed by atoms with Crippen LogP contribution in [0.5, 0.6) is 0 Å². The molecule has 7 nitrogen and oxygen atoms in total. The molecule has 2 N–H and O–H groups in total. The summed E-state index contributed by atoms with van der Waals surface area (Å²) in [4.78, 5) is 33.6. The fourth-order valence-corrected chi connectivity index (χ4v) is 1.80. The molecule has 0 saturated carbocycles. The SMILES string of the molecule is CCCNC(=O)C(C)NC(=O)c1ccc([N+](=O)[O-])cc1Cl. The van der Waals surface area contributed by atoms with Crippen LogP contribution in [0.1, 0.15) is 30.6 Å². The Hall–Kier alpha value is -2.15. The van der Waals surface area contributed by atoms with Crippen LogP contribution >= 0.6 is 11.6 Å². The maximum atomic E-state index is 12.0. The second-order valence-electron chi connectivity index (χ2n) is 4.41. The lowest BCUT2D eigenvalue weighted by atomic mass is 10.1. The number of nitro groups is 1. The number of halogens is 1. The molecule has 0 aliphatic carbocycles. The number of nitrogens with zero attached hydrogens (tertiary/aromatic N) is 1. The number of hydrogen-bond acceptors (Lipinski definition) is 4. The molecule has 8 heteroatoms. The Kier molecular flexibility index (Phi) is 6.10. The van der Waals surface area contributed by atoms with Crippen LogP contribution in [0.3, 0.4) is 0 Å². The van der Waals surface area contributed by atoms with Crippen molar-refractivity contribution < 1.29 is 14.5 Å². The molecule has 0 bridgehead atoms. The molecule has 114 valence electrons. The van der Waals surface area contributed by atoms with E-state index in [0.717, 1.165) is 12.5 Å². The van der Waals surface area contributed by atoms with Crippen molar-refractivity contribution in [2.24, 2.45) is 0 Å². The van der Waals surface area contributed by atoms with Gasteiger partial charge in [0, 0.05) is 18.7 Å². The molecule has 1 atom stereocenters. The number of amides is 2. The lowest BCUT2D eigenvalue weighted by Crippen LogP contribution is -2.45. The third-order valence-electron chi connectivity index (χ3n) is 2.70. The normalized spacial score (nSPS) is 11.6. The summed E-state index contributed by atoms with van der Waals surface area (Å²) in [6.07, 6.45) is 0.792. The standard InChI is InChI=1S/C13H16ClN3O4/c1-3-6-15-12(18)8(2)16-13(19)10-5-4-9(17(20)21)7-11(10)14/h4-5,7-8H,3,6H2,1-2H3,(H,15,18)(H,16,19). The van der Waals surface area contributed by atoms with Gasteiger partial charge in [0.2, 0.25) is 5.91 Å². The van der Waals surface area contributed by atoms with Crippen LogP contribution in [0.25, 0.3) is 0 Å². The van der Waals surface area contributed by atoms with Crippen molar-refractivity contribution in [1.82, 2.24) is 10.6 Å². The summed E-state index contributed by atoms with van der Waals surface area (Å²) < 4.78 is 0. The molecule has 1 unspecified atom stereocenters. The third kappa shape index (κ3) is 4.71. The van der Waals surface area contributed by atoms with Crippen molar-refractivity contribution in [3.05, 3.63) is 38.9 Å². The van der Waals surface area contributed by atoms with Crippen molar-refractivity contribution in [2.75, 3.05) is 6.54 Å². The minimum absolute atomic E-state index is 0.0390. The lowest BCUT2D eigenvalue weighted by molar-refractivity contribution is -0.384. The number of nitrogens with one attached hydrogen (secondary N) is 2. The summed E-state index contributed by atoms with van der Waals surface area (Å²) in [6, 6.07) is 2.81. The zero-order valence-electron chi connectivity index (χ0n) is 11.7. The third-order valence-corrected chi connectivity index (χ3v) is 3.01. The number of benzene rings is 1. The number of carbonyl (C=O) groups is 2. The molecule has 2 amide bonds. The van der Waals surface area contributed by atoms with Gasteiger partial charge in [-0.25, -0.2) is 0 Å². The average Bonchev–Trinajstić information content (AvgIpc) is 2.44. The first-order valence-electron chi connectivity index (χ1n) is 6.39. The molecule has 1 rings (SSSR count). The molecule has 0 aromatic heterocycles. The van der Waals surface area contributed by atoms with E-state index < -0.39 is 16.9 Å². The van der Waals surface area contributed by atoms with Crippen molar-refractivity contribution >= 4 is 29.1 Å². The highest BCUT2D eigenvalue weighted by Gasteiger charge is 2.19. The summed E-state index contributed by atoms with van der Waals surface area (Å²) in [5.41, 5.74) is -0.123. The van der Waals surface area contributed by atoms with Crippen molar-refractivity contribution in [1.29, 1.82) is 0 Å². The zero-order chi connectivity index (χ0) is 16.0. The topological polar surface area (TPSA) is 101 Å². The molecule has 0 saturated heterocycles. The van der Waals surface area contributed by atoms with Crippen LogP contribution < -0.4 is 10.6 Å². The first-order valence-corrected chi connectivity index (χ1v) is 6.77. The van der Waals surface area contributed by atoms with Crippen LogP contribution in [0, 0.1) is 10.1 Å². The molecule has 0 spiro atoms. The number of rotatable bonds is 6. The molecule has 0 aliphatic heterocycles. The fourth-order valence-electron chi connectivity index (χ4n) is 1.54. The summed E-state index contributed by atoms with van der Waals surface area (Å²) in [5, 5.41) is 15.7. The van der Waals surface area contributed by atoms with Crippen molar-refractivity contribution in [3.63, 3.8) is 0 Å². The lowest BCUT2D eigenvalue weighted by Gasteiger charge is -2.14. The van der Waals surface area contributed by atoms with E-state index in [1.165, 1.54) is 12.1 Å². The quantitative estimate of drug-likeness (QED) is 0.618. The minimum atomic E-state index is -0.727. The summed E-state index contributed by atoms with van der Waals surface area (Å²) in [7, 11) is 0. The predicted molar refractivity (Wildman–Crippen MR) is 78.3 cm³/mol. The Morgan fingerprint density at radius 2 is 2.10 bits per heavy atom. The van der Waals surface area contributed by atoms with Crippen molar-refractivity contribution in [2.45, 2.75) is 26.3 Å². The Morgan fingerprint density at radius 3 is 2.62 bits per heavy atom. The van der Waals surface area contributed by atoms with E-state index in [2.05, 4.69) is 10.6 Å². The number of carbonyl (C=O) groups excluding carboxylic acids is 2. The average molecular weight is 314 g/mol. The molecular formula is C13H16ClN3O4. The molecule has 1 aromatic carbocycles. The zero-order valence-corrected chi connectivity index (χ0v) is 12.4. The Morgan fingerprint density at radius 1 is 1.43 bits per heavy atom. The van der Waals surface area contributed by atoms with Crippen LogP contribution in [0.15, 0.2) is 18.2 Å². The number of nitro benzene ring substituents is 1. The highest BCUT2D eigenvalue weighted by Crippen LogP contribution is 2.22. The highest BCUT2D eigenvalue weighted by atomic mass is 35.5. The van der Waals surface area contributed by atoms with E-state index in [1.54, 1.807) is 6.92 Å². The van der Waals surface area contributed by atoms with Gasteiger partial charge in [-0.2, -0.15) is 0 Å². The van der Waals surface area contributed by atoms with Crippen LogP contribution in [0.4, 0.5) is 5.69 Å². The van der Waals surface area contributed by atoms with E-state index >= 15 is 0 Å². The van der Waals surface area contributed by atoms with Gasteiger partial charge in [0.15, 0.2) is 0 Å². The van der Waals surface area contributed by atoms with Gasteiger partial charge in [0.1, 0.15) is 6.04 Å². The fraction of sp³-hybridized carbons (Fsp3) is 0.385. The first kappa shape index (κ1) is 16.9. The molecule has 1 aromatic rings. The Balaban J connectivity index is 2.76. The Labute approximate surface area is 126 Å². The summed E-state index contributed by atoms with van der Waals surface area (Å²) >= 11 is 5.85. The van der Waals surface area contributed by atoms with E-state index in [0.29, 0.717) is 6.54 Å². The minimum Gasteiger partial charge on any atom is -0.354 e. The maximum absolute atomic E-state index is 12.0. The second-order valence-corrected chi connectivity index (χ2v) is 4.81. The number of non-ortho nitro benzene ring substituents is 1. The maximum Gasteiger partial charge on any atom is 0.270 e. The van der Waals surface area contributed by atoms with Crippen LogP contribution in [0.2, 0.25) is 5.02 Å².